The van der Waals surface area contributed by atoms with Crippen LogP contribution in [0.5, 0.6) is 11.5 Å². The maximum absolute atomic E-state index is 12.5. The van der Waals surface area contributed by atoms with E-state index in [9.17, 15) is 9.59 Å². The molecular formula is C25H25NO5. The third-order valence-electron chi connectivity index (χ3n) is 4.57. The van der Waals surface area contributed by atoms with Gasteiger partial charge in [-0.05, 0) is 35.4 Å². The fourth-order valence-corrected chi connectivity index (χ4v) is 2.99. The van der Waals surface area contributed by atoms with E-state index < -0.39 is 5.97 Å². The molecule has 0 saturated heterocycles. The lowest BCUT2D eigenvalue weighted by atomic mass is 9.98. The molecule has 1 atom stereocenters. The molecule has 0 unspecified atom stereocenters. The molecule has 0 aliphatic carbocycles. The number of methoxy groups -OCH3 is 1. The molecule has 31 heavy (non-hydrogen) atoms. The maximum Gasteiger partial charge on any atom is 0.309 e. The summed E-state index contributed by atoms with van der Waals surface area (Å²) >= 11 is 0. The lowest BCUT2D eigenvalue weighted by Gasteiger charge is -2.20. The van der Waals surface area contributed by atoms with Crippen LogP contribution in [0.25, 0.3) is 0 Å². The summed E-state index contributed by atoms with van der Waals surface area (Å²) in [7, 11) is 1.60. The molecule has 0 aliphatic heterocycles. The molecule has 0 aliphatic rings. The van der Waals surface area contributed by atoms with Gasteiger partial charge in [0.15, 0.2) is 6.61 Å². The highest BCUT2D eigenvalue weighted by molar-refractivity contribution is 5.81. The van der Waals surface area contributed by atoms with E-state index in [4.69, 9.17) is 14.2 Å². The van der Waals surface area contributed by atoms with Crippen molar-refractivity contribution in [1.29, 1.82) is 0 Å². The van der Waals surface area contributed by atoms with Crippen molar-refractivity contribution in [3.8, 4) is 11.5 Å². The second-order valence-corrected chi connectivity index (χ2v) is 6.76. The van der Waals surface area contributed by atoms with Crippen molar-refractivity contribution in [1.82, 2.24) is 5.32 Å². The van der Waals surface area contributed by atoms with Crippen molar-refractivity contribution in [3.05, 3.63) is 96.1 Å². The predicted octanol–water partition coefficient (Wildman–Crippen LogP) is 3.91. The van der Waals surface area contributed by atoms with E-state index in [1.807, 2.05) is 84.9 Å². The molecule has 1 amide bonds. The minimum absolute atomic E-state index is 0.0583. The molecule has 6 nitrogen and oxygen atoms in total. The Labute approximate surface area is 181 Å². The second-order valence-electron chi connectivity index (χ2n) is 6.76. The van der Waals surface area contributed by atoms with Gasteiger partial charge in [-0.2, -0.15) is 0 Å². The third-order valence-corrected chi connectivity index (χ3v) is 4.57. The summed E-state index contributed by atoms with van der Waals surface area (Å²) in [4.78, 5) is 24.4. The Morgan fingerprint density at radius 3 is 2.06 bits per heavy atom. The van der Waals surface area contributed by atoms with Gasteiger partial charge < -0.3 is 19.5 Å². The number of esters is 1. The van der Waals surface area contributed by atoms with Crippen LogP contribution in [-0.2, 0) is 14.3 Å². The zero-order valence-electron chi connectivity index (χ0n) is 17.3. The molecule has 0 fully saturated rings. The highest BCUT2D eigenvalue weighted by Gasteiger charge is 2.18. The average molecular weight is 419 g/mol. The number of hydrogen-bond acceptors (Lipinski definition) is 5. The number of carbonyl (C=O) groups is 2. The zero-order valence-corrected chi connectivity index (χ0v) is 17.3. The van der Waals surface area contributed by atoms with Crippen LogP contribution < -0.4 is 14.8 Å². The van der Waals surface area contributed by atoms with Crippen LogP contribution in [0.2, 0.25) is 0 Å². The number of rotatable bonds is 10. The Morgan fingerprint density at radius 1 is 0.806 bits per heavy atom. The van der Waals surface area contributed by atoms with E-state index in [-0.39, 0.29) is 31.6 Å². The molecule has 1 N–H and O–H groups in total. The molecule has 0 saturated carbocycles. The average Bonchev–Trinajstić information content (AvgIpc) is 2.82. The lowest BCUT2D eigenvalue weighted by Crippen LogP contribution is -2.33. The van der Waals surface area contributed by atoms with Crippen LogP contribution in [0, 0.1) is 0 Å². The molecule has 3 aromatic rings. The number of para-hydroxylation sites is 1. The minimum atomic E-state index is -0.494. The number of carbonyl (C=O) groups excluding carboxylic acids is 2. The fraction of sp³-hybridized carbons (Fsp3) is 0.200. The van der Waals surface area contributed by atoms with Crippen molar-refractivity contribution in [2.75, 3.05) is 20.3 Å². The first kappa shape index (κ1) is 21.9. The van der Waals surface area contributed by atoms with E-state index in [0.717, 1.165) is 16.9 Å². The number of hydrogen-bond donors (Lipinski definition) is 1. The normalized spacial score (nSPS) is 11.3. The Balaban J connectivity index is 1.53. The van der Waals surface area contributed by atoms with Gasteiger partial charge in [-0.1, -0.05) is 60.7 Å². The van der Waals surface area contributed by atoms with Gasteiger partial charge in [0, 0.05) is 0 Å². The van der Waals surface area contributed by atoms with E-state index in [2.05, 4.69) is 5.32 Å². The van der Waals surface area contributed by atoms with Gasteiger partial charge in [0.1, 0.15) is 11.5 Å². The van der Waals surface area contributed by atoms with Gasteiger partial charge >= 0.3 is 5.97 Å². The summed E-state index contributed by atoms with van der Waals surface area (Å²) < 4.78 is 15.8. The van der Waals surface area contributed by atoms with Crippen molar-refractivity contribution < 1.29 is 23.8 Å². The SMILES string of the molecule is COc1ccc([C@@H](NC(=O)COC(=O)CCOc2ccccc2)c2ccccc2)cc1. The molecule has 0 heterocycles. The summed E-state index contributed by atoms with van der Waals surface area (Å²) in [6, 6.07) is 25.9. The van der Waals surface area contributed by atoms with Crippen LogP contribution in [0.3, 0.4) is 0 Å². The number of benzene rings is 3. The zero-order chi connectivity index (χ0) is 21.9. The second kappa shape index (κ2) is 11.4. The molecule has 160 valence electrons. The van der Waals surface area contributed by atoms with Crippen LogP contribution in [0.4, 0.5) is 0 Å². The van der Waals surface area contributed by atoms with Crippen molar-refractivity contribution in [2.24, 2.45) is 0 Å². The number of nitrogens with one attached hydrogen (secondary N) is 1. The highest BCUT2D eigenvalue weighted by atomic mass is 16.5. The summed E-state index contributed by atoms with van der Waals surface area (Å²) in [5, 5.41) is 2.94. The standard InChI is InChI=1S/C25H25NO5/c1-29-21-14-12-20(13-15-21)25(19-8-4-2-5-9-19)26-23(27)18-31-24(28)16-17-30-22-10-6-3-7-11-22/h2-15,25H,16-18H2,1H3,(H,26,27)/t25-/m0/s1. The molecule has 0 aromatic heterocycles. The molecular weight excluding hydrogens is 394 g/mol. The Bertz CT molecular complexity index is 958. The van der Waals surface area contributed by atoms with Crippen LogP contribution in [0.15, 0.2) is 84.9 Å². The smallest absolute Gasteiger partial charge is 0.309 e. The Morgan fingerprint density at radius 2 is 1.42 bits per heavy atom. The Kier molecular flexibility index (Phi) is 8.05. The first-order chi connectivity index (χ1) is 15.2. The van der Waals surface area contributed by atoms with Gasteiger partial charge in [0.2, 0.25) is 0 Å². The summed E-state index contributed by atoms with van der Waals surface area (Å²) in [6.45, 7) is -0.174. The maximum atomic E-state index is 12.5. The van der Waals surface area contributed by atoms with Crippen molar-refractivity contribution in [3.63, 3.8) is 0 Å². The number of ether oxygens (including phenoxy) is 3. The van der Waals surface area contributed by atoms with E-state index in [0.29, 0.717) is 5.75 Å². The Hall–Kier alpha value is -3.80. The van der Waals surface area contributed by atoms with E-state index in [1.54, 1.807) is 7.11 Å². The van der Waals surface area contributed by atoms with E-state index >= 15 is 0 Å². The van der Waals surface area contributed by atoms with Crippen LogP contribution in [-0.4, -0.2) is 32.2 Å². The predicted molar refractivity (Wildman–Crippen MR) is 117 cm³/mol. The summed E-state index contributed by atoms with van der Waals surface area (Å²) in [5.74, 6) is 0.528. The minimum Gasteiger partial charge on any atom is -0.497 e. The van der Waals surface area contributed by atoms with Gasteiger partial charge in [-0.15, -0.1) is 0 Å². The topological polar surface area (TPSA) is 73.9 Å². The molecule has 0 bridgehead atoms. The largest absolute Gasteiger partial charge is 0.497 e. The quantitative estimate of drug-likeness (QED) is 0.505. The molecule has 6 heteroatoms. The van der Waals surface area contributed by atoms with Gasteiger partial charge in [0.05, 0.1) is 26.2 Å². The van der Waals surface area contributed by atoms with Crippen molar-refractivity contribution in [2.45, 2.75) is 12.5 Å². The molecule has 3 aromatic carbocycles. The van der Waals surface area contributed by atoms with Crippen LogP contribution >= 0.6 is 0 Å². The van der Waals surface area contributed by atoms with Gasteiger partial charge in [0.25, 0.3) is 5.91 Å². The first-order valence-corrected chi connectivity index (χ1v) is 9.97. The summed E-state index contributed by atoms with van der Waals surface area (Å²) in [5.41, 5.74) is 1.81. The van der Waals surface area contributed by atoms with E-state index in [1.165, 1.54) is 0 Å². The van der Waals surface area contributed by atoms with Gasteiger partial charge in [-0.3, -0.25) is 9.59 Å². The highest BCUT2D eigenvalue weighted by Crippen LogP contribution is 2.24. The lowest BCUT2D eigenvalue weighted by molar-refractivity contribution is -0.149. The fourth-order valence-electron chi connectivity index (χ4n) is 2.99. The monoisotopic (exact) mass is 419 g/mol. The van der Waals surface area contributed by atoms with Crippen molar-refractivity contribution >= 4 is 11.9 Å². The summed E-state index contributed by atoms with van der Waals surface area (Å²) in [6.07, 6.45) is 0.0583. The molecule has 0 radical (unpaired) electrons. The first-order valence-electron chi connectivity index (χ1n) is 9.97. The van der Waals surface area contributed by atoms with Gasteiger partial charge in [-0.25, -0.2) is 0 Å². The van der Waals surface area contributed by atoms with Crippen LogP contribution in [0.1, 0.15) is 23.6 Å². The molecule has 3 rings (SSSR count). The number of amides is 1. The molecule has 0 spiro atoms. The third kappa shape index (κ3) is 6.89.